The van der Waals surface area contributed by atoms with Gasteiger partial charge in [-0.3, -0.25) is 9.97 Å². The van der Waals surface area contributed by atoms with Gasteiger partial charge in [0.1, 0.15) is 0 Å². The number of halogens is 1. The quantitative estimate of drug-likeness (QED) is 0.679. The Morgan fingerprint density at radius 3 is 2.44 bits per heavy atom. The van der Waals surface area contributed by atoms with Crippen molar-refractivity contribution in [2.24, 2.45) is 0 Å². The molecule has 25 heavy (non-hydrogen) atoms. The molecule has 6 heteroatoms. The summed E-state index contributed by atoms with van der Waals surface area (Å²) in [5.74, 6) is 0. The third-order valence-corrected chi connectivity index (χ3v) is 5.21. The van der Waals surface area contributed by atoms with Crippen LogP contribution in [0, 0.1) is 13.8 Å². The molecule has 4 nitrogen and oxygen atoms in total. The number of nitrogens with zero attached hydrogens (tertiary/aromatic N) is 2. The van der Waals surface area contributed by atoms with Crippen LogP contribution in [0.5, 0.6) is 0 Å². The van der Waals surface area contributed by atoms with Gasteiger partial charge >= 0.3 is 0 Å². The Hall–Kier alpha value is -2.24. The third kappa shape index (κ3) is 3.72. The average molecular weight is 373 g/mol. The zero-order valence-electron chi connectivity index (χ0n) is 14.1. The van der Waals surface area contributed by atoms with Crippen molar-refractivity contribution in [3.63, 3.8) is 0 Å². The van der Waals surface area contributed by atoms with Gasteiger partial charge in [0.15, 0.2) is 9.84 Å². The Balaban J connectivity index is 2.25. The summed E-state index contributed by atoms with van der Waals surface area (Å²) in [6.45, 7) is 3.87. The molecule has 0 amide bonds. The van der Waals surface area contributed by atoms with Crippen molar-refractivity contribution in [1.29, 1.82) is 0 Å². The second-order valence-corrected chi connectivity index (χ2v) is 8.39. The number of pyridine rings is 2. The summed E-state index contributed by atoms with van der Waals surface area (Å²) >= 11 is 6.16. The van der Waals surface area contributed by atoms with Gasteiger partial charge in [-0.1, -0.05) is 17.7 Å². The van der Waals surface area contributed by atoms with Crippen molar-refractivity contribution in [3.8, 4) is 22.4 Å². The molecule has 0 spiro atoms. The van der Waals surface area contributed by atoms with Gasteiger partial charge in [0.25, 0.3) is 0 Å². The Kier molecular flexibility index (Phi) is 4.62. The molecule has 3 rings (SSSR count). The molecular weight excluding hydrogens is 356 g/mol. The average Bonchev–Trinajstić information content (AvgIpc) is 2.53. The van der Waals surface area contributed by atoms with Crippen LogP contribution in [0.15, 0.2) is 53.6 Å². The van der Waals surface area contributed by atoms with Crippen LogP contribution in [0.1, 0.15) is 11.4 Å². The maximum absolute atomic E-state index is 11.9. The lowest BCUT2D eigenvalue weighted by atomic mass is 9.98. The van der Waals surface area contributed by atoms with E-state index in [9.17, 15) is 8.42 Å². The lowest BCUT2D eigenvalue weighted by Gasteiger charge is -2.12. The Morgan fingerprint density at radius 1 is 1.00 bits per heavy atom. The molecule has 0 aliphatic carbocycles. The number of hydrogen-bond donors (Lipinski definition) is 0. The lowest BCUT2D eigenvalue weighted by Crippen LogP contribution is -1.99. The standard InChI is InChI=1S/C19H17ClN2O2S/c1-12-6-7-17(13(2)22-12)19-18(5-4-8-21-19)14-9-15(20)11-16(10-14)25(3,23)24/h4-11H,1-3H3. The molecule has 0 aliphatic rings. The minimum Gasteiger partial charge on any atom is -0.258 e. The topological polar surface area (TPSA) is 59.9 Å². The van der Waals surface area contributed by atoms with Crippen LogP contribution in [-0.2, 0) is 9.84 Å². The van der Waals surface area contributed by atoms with Gasteiger partial charge in [-0.15, -0.1) is 0 Å². The second kappa shape index (κ2) is 6.58. The van der Waals surface area contributed by atoms with Crippen molar-refractivity contribution in [1.82, 2.24) is 9.97 Å². The van der Waals surface area contributed by atoms with Gasteiger partial charge in [0.2, 0.25) is 0 Å². The number of benzene rings is 1. The highest BCUT2D eigenvalue weighted by Crippen LogP contribution is 2.34. The fraction of sp³-hybridized carbons (Fsp3) is 0.158. The van der Waals surface area contributed by atoms with Gasteiger partial charge in [-0.25, -0.2) is 8.42 Å². The van der Waals surface area contributed by atoms with E-state index in [1.165, 1.54) is 12.3 Å². The molecule has 0 radical (unpaired) electrons. The smallest absolute Gasteiger partial charge is 0.175 e. The third-order valence-electron chi connectivity index (χ3n) is 3.90. The van der Waals surface area contributed by atoms with E-state index < -0.39 is 9.84 Å². The summed E-state index contributed by atoms with van der Waals surface area (Å²) in [7, 11) is -3.36. The van der Waals surface area contributed by atoms with Crippen LogP contribution >= 0.6 is 11.6 Å². The molecule has 0 saturated heterocycles. The first-order valence-electron chi connectivity index (χ1n) is 7.66. The Morgan fingerprint density at radius 2 is 1.76 bits per heavy atom. The van der Waals surface area contributed by atoms with E-state index >= 15 is 0 Å². The molecule has 0 atom stereocenters. The molecule has 2 heterocycles. The molecule has 0 aliphatic heterocycles. The van der Waals surface area contributed by atoms with Gasteiger partial charge in [-0.05, 0) is 55.8 Å². The van der Waals surface area contributed by atoms with Crippen molar-refractivity contribution in [2.45, 2.75) is 18.7 Å². The highest BCUT2D eigenvalue weighted by atomic mass is 35.5. The minimum atomic E-state index is -3.36. The fourth-order valence-electron chi connectivity index (χ4n) is 2.72. The number of rotatable bonds is 3. The van der Waals surface area contributed by atoms with Crippen LogP contribution < -0.4 is 0 Å². The van der Waals surface area contributed by atoms with Crippen LogP contribution in [-0.4, -0.2) is 24.6 Å². The highest BCUT2D eigenvalue weighted by Gasteiger charge is 2.15. The summed E-state index contributed by atoms with van der Waals surface area (Å²) in [6.07, 6.45) is 2.88. The SMILES string of the molecule is Cc1ccc(-c2ncccc2-c2cc(Cl)cc(S(C)(=O)=O)c2)c(C)n1. The summed E-state index contributed by atoms with van der Waals surface area (Å²) < 4.78 is 23.9. The van der Waals surface area contributed by atoms with Gasteiger partial charge in [0, 0.05) is 40.0 Å². The first-order chi connectivity index (χ1) is 11.8. The molecule has 128 valence electrons. The minimum absolute atomic E-state index is 0.184. The molecular formula is C19H17ClN2O2S. The molecule has 3 aromatic rings. The number of aryl methyl sites for hydroxylation is 2. The van der Waals surface area contributed by atoms with Crippen LogP contribution in [0.2, 0.25) is 5.02 Å². The first kappa shape index (κ1) is 17.6. The van der Waals surface area contributed by atoms with Crippen molar-refractivity contribution in [3.05, 3.63) is 65.1 Å². The molecule has 0 unspecified atom stereocenters. The summed E-state index contributed by atoms with van der Waals surface area (Å²) in [5.41, 5.74) is 4.96. The maximum atomic E-state index is 11.9. The summed E-state index contributed by atoms with van der Waals surface area (Å²) in [4.78, 5) is 9.19. The van der Waals surface area contributed by atoms with Crippen molar-refractivity contribution >= 4 is 21.4 Å². The highest BCUT2D eigenvalue weighted by molar-refractivity contribution is 7.90. The van der Waals surface area contributed by atoms with E-state index in [0.29, 0.717) is 10.6 Å². The van der Waals surface area contributed by atoms with Crippen LogP contribution in [0.25, 0.3) is 22.4 Å². The normalized spacial score (nSPS) is 11.5. The van der Waals surface area contributed by atoms with E-state index in [1.807, 2.05) is 38.1 Å². The Labute approximate surface area is 152 Å². The van der Waals surface area contributed by atoms with Gasteiger partial charge in [0.05, 0.1) is 10.6 Å². The molecule has 0 bridgehead atoms. The van der Waals surface area contributed by atoms with Crippen molar-refractivity contribution < 1.29 is 8.42 Å². The number of aromatic nitrogens is 2. The molecule has 0 fully saturated rings. The first-order valence-corrected chi connectivity index (χ1v) is 9.93. The zero-order valence-corrected chi connectivity index (χ0v) is 15.7. The van der Waals surface area contributed by atoms with E-state index in [1.54, 1.807) is 18.3 Å². The lowest BCUT2D eigenvalue weighted by molar-refractivity contribution is 0.602. The number of hydrogen-bond acceptors (Lipinski definition) is 4. The van der Waals surface area contributed by atoms with E-state index in [0.717, 1.165) is 28.2 Å². The Bertz CT molecular complexity index is 1060. The molecule has 1 aromatic carbocycles. The second-order valence-electron chi connectivity index (χ2n) is 5.93. The molecule has 0 N–H and O–H groups in total. The number of sulfone groups is 1. The maximum Gasteiger partial charge on any atom is 0.175 e. The largest absolute Gasteiger partial charge is 0.258 e. The zero-order chi connectivity index (χ0) is 18.2. The fourth-order valence-corrected chi connectivity index (χ4v) is 3.70. The van der Waals surface area contributed by atoms with Gasteiger partial charge in [-0.2, -0.15) is 0 Å². The summed E-state index contributed by atoms with van der Waals surface area (Å²) in [5, 5.41) is 0.367. The molecule has 2 aromatic heterocycles. The van der Waals surface area contributed by atoms with E-state index in [-0.39, 0.29) is 4.90 Å². The van der Waals surface area contributed by atoms with Crippen molar-refractivity contribution in [2.75, 3.05) is 6.26 Å². The predicted octanol–water partition coefficient (Wildman–Crippen LogP) is 4.48. The van der Waals surface area contributed by atoms with E-state index in [4.69, 9.17) is 11.6 Å². The van der Waals surface area contributed by atoms with E-state index in [2.05, 4.69) is 9.97 Å². The summed E-state index contributed by atoms with van der Waals surface area (Å²) in [6, 6.07) is 12.4. The molecule has 0 saturated carbocycles. The van der Waals surface area contributed by atoms with Gasteiger partial charge < -0.3 is 0 Å². The monoisotopic (exact) mass is 372 g/mol. The predicted molar refractivity (Wildman–Crippen MR) is 100 cm³/mol. The van der Waals surface area contributed by atoms with Crippen LogP contribution in [0.3, 0.4) is 0 Å². The van der Waals surface area contributed by atoms with Crippen LogP contribution in [0.4, 0.5) is 0 Å².